The lowest BCUT2D eigenvalue weighted by molar-refractivity contribution is 0.0683. The van der Waals surface area contributed by atoms with E-state index in [4.69, 9.17) is 5.11 Å². The molecule has 1 N–H and O–H groups in total. The Morgan fingerprint density at radius 2 is 2.33 bits per heavy atom. The predicted octanol–water partition coefficient (Wildman–Crippen LogP) is 1.16. The van der Waals surface area contributed by atoms with Crippen molar-refractivity contribution < 1.29 is 9.90 Å². The molecule has 0 saturated heterocycles. The van der Waals surface area contributed by atoms with Crippen LogP contribution in [-0.2, 0) is 13.0 Å². The fourth-order valence-corrected chi connectivity index (χ4v) is 1.06. The lowest BCUT2D eigenvalue weighted by atomic mass is 10.3. The first kappa shape index (κ1) is 8.77. The smallest absolute Gasteiger partial charge is 0.354 e. The average molecular weight is 168 g/mol. The van der Waals surface area contributed by atoms with Crippen LogP contribution in [0, 0.1) is 0 Å². The minimum atomic E-state index is -0.913. The number of aromatic nitrogens is 2. The van der Waals surface area contributed by atoms with Gasteiger partial charge in [0, 0.05) is 6.54 Å². The van der Waals surface area contributed by atoms with Gasteiger partial charge in [-0.3, -0.25) is 4.68 Å². The summed E-state index contributed by atoms with van der Waals surface area (Å²) >= 11 is 0. The summed E-state index contributed by atoms with van der Waals surface area (Å²) < 4.78 is 1.50. The molecule has 0 atom stereocenters. The number of aryl methyl sites for hydroxylation is 2. The molecule has 0 amide bonds. The van der Waals surface area contributed by atoms with Gasteiger partial charge in [0.05, 0.1) is 5.69 Å². The van der Waals surface area contributed by atoms with E-state index >= 15 is 0 Å². The molecule has 0 aliphatic carbocycles. The molecular weight excluding hydrogens is 156 g/mol. The predicted molar refractivity (Wildman–Crippen MR) is 44.2 cm³/mol. The highest BCUT2D eigenvalue weighted by Gasteiger charge is 2.11. The number of carboxylic acids is 1. The van der Waals surface area contributed by atoms with Crippen LogP contribution in [0.4, 0.5) is 0 Å². The molecule has 0 aromatic carbocycles. The molecule has 1 aromatic heterocycles. The average Bonchev–Trinajstić information content (AvgIpc) is 2.47. The van der Waals surface area contributed by atoms with Gasteiger partial charge in [-0.25, -0.2) is 4.79 Å². The van der Waals surface area contributed by atoms with Crippen LogP contribution in [0.5, 0.6) is 0 Å². The minimum absolute atomic E-state index is 0.273. The largest absolute Gasteiger partial charge is 0.477 e. The molecular formula is C8H12N2O2. The first-order chi connectivity index (χ1) is 5.69. The Morgan fingerprint density at radius 3 is 2.67 bits per heavy atom. The van der Waals surface area contributed by atoms with Crippen LogP contribution in [-0.4, -0.2) is 20.9 Å². The van der Waals surface area contributed by atoms with Crippen LogP contribution in [0.3, 0.4) is 0 Å². The first-order valence-electron chi connectivity index (χ1n) is 3.99. The van der Waals surface area contributed by atoms with Crippen molar-refractivity contribution in [3.05, 3.63) is 17.5 Å². The molecule has 0 bridgehead atoms. The molecule has 0 unspecified atom stereocenters. The topological polar surface area (TPSA) is 55.1 Å². The molecule has 0 saturated carbocycles. The maximum Gasteiger partial charge on any atom is 0.354 e. The highest BCUT2D eigenvalue weighted by atomic mass is 16.4. The van der Waals surface area contributed by atoms with Crippen molar-refractivity contribution in [2.45, 2.75) is 26.8 Å². The maximum absolute atomic E-state index is 10.6. The van der Waals surface area contributed by atoms with Crippen LogP contribution in [0.25, 0.3) is 0 Å². The van der Waals surface area contributed by atoms with Crippen molar-refractivity contribution in [1.82, 2.24) is 9.78 Å². The number of hydrogen-bond donors (Lipinski definition) is 1. The summed E-state index contributed by atoms with van der Waals surface area (Å²) in [4.78, 5) is 10.6. The fourth-order valence-electron chi connectivity index (χ4n) is 1.06. The van der Waals surface area contributed by atoms with E-state index in [1.165, 1.54) is 4.68 Å². The zero-order valence-electron chi connectivity index (χ0n) is 7.24. The van der Waals surface area contributed by atoms with Gasteiger partial charge in [-0.1, -0.05) is 6.92 Å². The van der Waals surface area contributed by atoms with E-state index < -0.39 is 5.97 Å². The monoisotopic (exact) mass is 168 g/mol. The Bertz CT molecular complexity index is 291. The molecule has 1 aromatic rings. The quantitative estimate of drug-likeness (QED) is 0.736. The number of aromatic carboxylic acids is 1. The maximum atomic E-state index is 10.6. The van der Waals surface area contributed by atoms with Crippen molar-refractivity contribution in [2.75, 3.05) is 0 Å². The summed E-state index contributed by atoms with van der Waals surface area (Å²) in [5, 5.41) is 12.8. The number of hydrogen-bond acceptors (Lipinski definition) is 2. The second-order valence-electron chi connectivity index (χ2n) is 2.50. The molecule has 0 fully saturated rings. The highest BCUT2D eigenvalue weighted by molar-refractivity contribution is 5.85. The standard InChI is InChI=1S/C8H12N2O2/c1-3-6-5-7(8(11)12)10(4-2)9-6/h5H,3-4H2,1-2H3,(H,11,12). The van der Waals surface area contributed by atoms with E-state index in [1.807, 2.05) is 13.8 Å². The van der Waals surface area contributed by atoms with Gasteiger partial charge < -0.3 is 5.11 Å². The SMILES string of the molecule is CCc1cc(C(=O)O)n(CC)n1. The van der Waals surface area contributed by atoms with Crippen molar-refractivity contribution in [3.8, 4) is 0 Å². The Morgan fingerprint density at radius 1 is 1.67 bits per heavy atom. The van der Waals surface area contributed by atoms with E-state index in [0.29, 0.717) is 6.54 Å². The van der Waals surface area contributed by atoms with Crippen LogP contribution in [0.1, 0.15) is 30.0 Å². The number of nitrogens with zero attached hydrogens (tertiary/aromatic N) is 2. The third-order valence-corrected chi connectivity index (χ3v) is 1.71. The van der Waals surface area contributed by atoms with Crippen molar-refractivity contribution >= 4 is 5.97 Å². The Kier molecular flexibility index (Phi) is 2.47. The van der Waals surface area contributed by atoms with E-state index in [9.17, 15) is 4.79 Å². The van der Waals surface area contributed by atoms with Crippen molar-refractivity contribution in [1.29, 1.82) is 0 Å². The fraction of sp³-hybridized carbons (Fsp3) is 0.500. The second kappa shape index (κ2) is 3.38. The molecule has 0 spiro atoms. The van der Waals surface area contributed by atoms with Gasteiger partial charge in [-0.05, 0) is 19.4 Å². The Hall–Kier alpha value is -1.32. The Labute approximate surface area is 70.8 Å². The van der Waals surface area contributed by atoms with E-state index in [2.05, 4.69) is 5.10 Å². The molecule has 1 heterocycles. The van der Waals surface area contributed by atoms with Gasteiger partial charge >= 0.3 is 5.97 Å². The van der Waals surface area contributed by atoms with Gasteiger partial charge in [0.1, 0.15) is 5.69 Å². The highest BCUT2D eigenvalue weighted by Crippen LogP contribution is 2.04. The molecule has 0 radical (unpaired) electrons. The zero-order chi connectivity index (χ0) is 9.14. The molecule has 4 nitrogen and oxygen atoms in total. The molecule has 4 heteroatoms. The van der Waals surface area contributed by atoms with Crippen LogP contribution in [0.2, 0.25) is 0 Å². The Balaban J connectivity index is 3.08. The normalized spacial score (nSPS) is 10.2. The van der Waals surface area contributed by atoms with Crippen molar-refractivity contribution in [2.24, 2.45) is 0 Å². The van der Waals surface area contributed by atoms with Crippen LogP contribution >= 0.6 is 0 Å². The summed E-state index contributed by atoms with van der Waals surface area (Å²) in [6.45, 7) is 4.43. The van der Waals surface area contributed by atoms with E-state index in [1.54, 1.807) is 6.07 Å². The van der Waals surface area contributed by atoms with Gasteiger partial charge in [0.2, 0.25) is 0 Å². The number of rotatable bonds is 3. The number of carboxylic acid groups (broad SMARTS) is 1. The zero-order valence-corrected chi connectivity index (χ0v) is 7.24. The third-order valence-electron chi connectivity index (χ3n) is 1.71. The molecule has 0 aliphatic heterocycles. The lowest BCUT2D eigenvalue weighted by Gasteiger charge is -1.97. The lowest BCUT2D eigenvalue weighted by Crippen LogP contribution is -2.08. The van der Waals surface area contributed by atoms with Gasteiger partial charge in [0.25, 0.3) is 0 Å². The van der Waals surface area contributed by atoms with E-state index in [0.717, 1.165) is 12.1 Å². The van der Waals surface area contributed by atoms with Gasteiger partial charge in [-0.2, -0.15) is 5.10 Å². The minimum Gasteiger partial charge on any atom is -0.477 e. The summed E-state index contributed by atoms with van der Waals surface area (Å²) in [5.74, 6) is -0.913. The van der Waals surface area contributed by atoms with Crippen LogP contribution in [0.15, 0.2) is 6.07 Å². The van der Waals surface area contributed by atoms with E-state index in [-0.39, 0.29) is 5.69 Å². The summed E-state index contributed by atoms with van der Waals surface area (Å²) in [6.07, 6.45) is 0.771. The third kappa shape index (κ3) is 1.47. The van der Waals surface area contributed by atoms with Crippen LogP contribution < -0.4 is 0 Å². The summed E-state index contributed by atoms with van der Waals surface area (Å²) in [5.41, 5.74) is 1.10. The summed E-state index contributed by atoms with van der Waals surface area (Å²) in [6, 6.07) is 1.62. The number of carbonyl (C=O) groups is 1. The summed E-state index contributed by atoms with van der Waals surface area (Å²) in [7, 11) is 0. The molecule has 12 heavy (non-hydrogen) atoms. The van der Waals surface area contributed by atoms with Gasteiger partial charge in [0.15, 0.2) is 0 Å². The molecule has 66 valence electrons. The van der Waals surface area contributed by atoms with Crippen molar-refractivity contribution in [3.63, 3.8) is 0 Å². The molecule has 0 aliphatic rings. The second-order valence-corrected chi connectivity index (χ2v) is 2.50. The van der Waals surface area contributed by atoms with Gasteiger partial charge in [-0.15, -0.1) is 0 Å². The molecule has 1 rings (SSSR count). The first-order valence-corrected chi connectivity index (χ1v) is 3.99.